The maximum Gasteiger partial charge on any atom is 0.342 e. The second-order valence-electron chi connectivity index (χ2n) is 5.93. The lowest BCUT2D eigenvalue weighted by Crippen LogP contribution is -2.14. The lowest BCUT2D eigenvalue weighted by molar-refractivity contribution is 0.0528. The molecule has 0 saturated carbocycles. The lowest BCUT2D eigenvalue weighted by atomic mass is 9.94. The molecule has 0 aliphatic carbocycles. The molecule has 0 atom stereocenters. The number of fused-ring (bicyclic) bond motifs is 3. The highest BCUT2D eigenvalue weighted by Gasteiger charge is 2.29. The summed E-state index contributed by atoms with van der Waals surface area (Å²) in [5, 5.41) is 4.75. The molecule has 126 valence electrons. The first-order chi connectivity index (χ1) is 12.2. The Morgan fingerprint density at radius 3 is 2.72 bits per heavy atom. The summed E-state index contributed by atoms with van der Waals surface area (Å²) in [5.74, 6) is -0.321. The van der Waals surface area contributed by atoms with E-state index in [4.69, 9.17) is 9.84 Å². The molecule has 0 fully saturated rings. The Bertz CT molecular complexity index is 945. The van der Waals surface area contributed by atoms with Gasteiger partial charge < -0.3 is 4.74 Å². The third-order valence-electron chi connectivity index (χ3n) is 4.42. The van der Waals surface area contributed by atoms with E-state index in [1.807, 2.05) is 48.0 Å². The topological polar surface area (TPSA) is 44.1 Å². The first-order valence-corrected chi connectivity index (χ1v) is 9.10. The minimum Gasteiger partial charge on any atom is -0.462 e. The second kappa shape index (κ2) is 6.48. The van der Waals surface area contributed by atoms with Gasteiger partial charge in [-0.25, -0.2) is 4.79 Å². The van der Waals surface area contributed by atoms with Gasteiger partial charge in [-0.3, -0.25) is 4.68 Å². The molecule has 3 aromatic rings. The van der Waals surface area contributed by atoms with Crippen molar-refractivity contribution in [3.8, 4) is 22.5 Å². The largest absolute Gasteiger partial charge is 0.462 e. The molecular formula is C20H17BrN2O2. The molecule has 2 heterocycles. The van der Waals surface area contributed by atoms with E-state index in [0.717, 1.165) is 34.3 Å². The average Bonchev–Trinajstić information content (AvgIpc) is 3.02. The number of rotatable bonds is 3. The van der Waals surface area contributed by atoms with Gasteiger partial charge in [-0.05, 0) is 31.0 Å². The number of hydrogen-bond acceptors (Lipinski definition) is 3. The highest BCUT2D eigenvalue weighted by Crippen LogP contribution is 2.37. The van der Waals surface area contributed by atoms with Crippen LogP contribution in [0.5, 0.6) is 0 Å². The van der Waals surface area contributed by atoms with E-state index in [1.54, 1.807) is 0 Å². The maximum absolute atomic E-state index is 12.8. The van der Waals surface area contributed by atoms with Crippen LogP contribution < -0.4 is 0 Å². The predicted octanol–water partition coefficient (Wildman–Crippen LogP) is 4.71. The predicted molar refractivity (Wildman–Crippen MR) is 100 cm³/mol. The molecule has 0 N–H and O–H groups in total. The quantitative estimate of drug-likeness (QED) is 0.602. The smallest absolute Gasteiger partial charge is 0.342 e. The fraction of sp³-hybridized carbons (Fsp3) is 0.200. The first-order valence-electron chi connectivity index (χ1n) is 8.31. The SMILES string of the molecule is CCOC(=O)c1c(-c2ccc(Br)cc2)nn2c1-c1ccccc1CC2. The van der Waals surface area contributed by atoms with Gasteiger partial charge in [0.25, 0.3) is 0 Å². The van der Waals surface area contributed by atoms with Crippen molar-refractivity contribution in [1.82, 2.24) is 9.78 Å². The molecule has 0 saturated heterocycles. The van der Waals surface area contributed by atoms with Crippen LogP contribution >= 0.6 is 15.9 Å². The first kappa shape index (κ1) is 16.1. The Morgan fingerprint density at radius 2 is 1.96 bits per heavy atom. The third kappa shape index (κ3) is 2.78. The number of carbonyl (C=O) groups is 1. The van der Waals surface area contributed by atoms with Crippen LogP contribution in [0.15, 0.2) is 53.0 Å². The molecule has 1 aliphatic rings. The van der Waals surface area contributed by atoms with Crippen molar-refractivity contribution in [3.63, 3.8) is 0 Å². The third-order valence-corrected chi connectivity index (χ3v) is 4.94. The van der Waals surface area contributed by atoms with E-state index in [1.165, 1.54) is 5.56 Å². The van der Waals surface area contributed by atoms with Crippen LogP contribution in [0, 0.1) is 0 Å². The monoisotopic (exact) mass is 396 g/mol. The molecule has 4 rings (SSSR count). The van der Waals surface area contributed by atoms with Gasteiger partial charge in [0.05, 0.1) is 12.3 Å². The van der Waals surface area contributed by atoms with E-state index >= 15 is 0 Å². The zero-order chi connectivity index (χ0) is 17.4. The van der Waals surface area contributed by atoms with Crippen LogP contribution in [0.1, 0.15) is 22.8 Å². The van der Waals surface area contributed by atoms with Crippen molar-refractivity contribution in [2.75, 3.05) is 6.61 Å². The number of aryl methyl sites for hydroxylation is 2. The Balaban J connectivity index is 1.96. The number of nitrogens with zero attached hydrogens (tertiary/aromatic N) is 2. The van der Waals surface area contributed by atoms with Gasteiger partial charge in [0.1, 0.15) is 11.3 Å². The summed E-state index contributed by atoms with van der Waals surface area (Å²) in [7, 11) is 0. The number of carbonyl (C=O) groups excluding carboxylic acids is 1. The van der Waals surface area contributed by atoms with E-state index in [0.29, 0.717) is 17.9 Å². The maximum atomic E-state index is 12.8. The summed E-state index contributed by atoms with van der Waals surface area (Å²) in [6.07, 6.45) is 0.910. The minimum atomic E-state index is -0.321. The van der Waals surface area contributed by atoms with E-state index in [-0.39, 0.29) is 5.97 Å². The molecule has 4 nitrogen and oxygen atoms in total. The summed E-state index contributed by atoms with van der Waals surface area (Å²) in [4.78, 5) is 12.8. The van der Waals surface area contributed by atoms with Crippen molar-refractivity contribution in [2.45, 2.75) is 19.9 Å². The zero-order valence-electron chi connectivity index (χ0n) is 13.8. The Morgan fingerprint density at radius 1 is 1.20 bits per heavy atom. The Kier molecular flexibility index (Phi) is 4.17. The summed E-state index contributed by atoms with van der Waals surface area (Å²) >= 11 is 3.45. The van der Waals surface area contributed by atoms with Gasteiger partial charge in [-0.15, -0.1) is 0 Å². The van der Waals surface area contributed by atoms with Crippen LogP contribution in [0.2, 0.25) is 0 Å². The number of hydrogen-bond donors (Lipinski definition) is 0. The van der Waals surface area contributed by atoms with Crippen LogP contribution in [-0.4, -0.2) is 22.4 Å². The van der Waals surface area contributed by atoms with Gasteiger partial charge in [-0.1, -0.05) is 52.3 Å². The highest BCUT2D eigenvalue weighted by molar-refractivity contribution is 9.10. The van der Waals surface area contributed by atoms with Crippen molar-refractivity contribution < 1.29 is 9.53 Å². The molecule has 0 bridgehead atoms. The Labute approximate surface area is 154 Å². The summed E-state index contributed by atoms with van der Waals surface area (Å²) < 4.78 is 8.28. The number of halogens is 1. The zero-order valence-corrected chi connectivity index (χ0v) is 15.4. The normalized spacial score (nSPS) is 12.4. The molecule has 1 aromatic heterocycles. The molecule has 25 heavy (non-hydrogen) atoms. The van der Waals surface area contributed by atoms with Crippen LogP contribution in [0.25, 0.3) is 22.5 Å². The second-order valence-corrected chi connectivity index (χ2v) is 6.85. The minimum absolute atomic E-state index is 0.321. The summed E-state index contributed by atoms with van der Waals surface area (Å²) in [6, 6.07) is 16.0. The fourth-order valence-corrected chi connectivity index (χ4v) is 3.56. The molecule has 0 amide bonds. The summed E-state index contributed by atoms with van der Waals surface area (Å²) in [5.41, 5.74) is 5.30. The van der Waals surface area contributed by atoms with E-state index < -0.39 is 0 Å². The molecule has 5 heteroatoms. The fourth-order valence-electron chi connectivity index (χ4n) is 3.30. The van der Waals surface area contributed by atoms with Crippen LogP contribution in [0.3, 0.4) is 0 Å². The molecule has 2 aromatic carbocycles. The Hall–Kier alpha value is -2.40. The van der Waals surface area contributed by atoms with E-state index in [9.17, 15) is 4.79 Å². The van der Waals surface area contributed by atoms with Crippen molar-refractivity contribution in [1.29, 1.82) is 0 Å². The molecular weight excluding hydrogens is 380 g/mol. The van der Waals surface area contributed by atoms with Crippen LogP contribution in [-0.2, 0) is 17.7 Å². The van der Waals surface area contributed by atoms with E-state index in [2.05, 4.69) is 28.1 Å². The van der Waals surface area contributed by atoms with Gasteiger partial charge in [0.15, 0.2) is 0 Å². The molecule has 0 unspecified atom stereocenters. The lowest BCUT2D eigenvalue weighted by Gasteiger charge is -2.18. The van der Waals surface area contributed by atoms with Crippen molar-refractivity contribution >= 4 is 21.9 Å². The molecule has 1 aliphatic heterocycles. The van der Waals surface area contributed by atoms with Gasteiger partial charge in [0, 0.05) is 22.1 Å². The standard InChI is InChI=1S/C20H17BrN2O2/c1-2-25-20(24)17-18(14-7-9-15(21)10-8-14)22-23-12-11-13-5-3-4-6-16(13)19(17)23/h3-10H,2,11-12H2,1H3. The molecule has 0 radical (unpaired) electrons. The average molecular weight is 397 g/mol. The number of benzene rings is 2. The van der Waals surface area contributed by atoms with Crippen LogP contribution in [0.4, 0.5) is 0 Å². The molecule has 0 spiro atoms. The number of aromatic nitrogens is 2. The number of esters is 1. The van der Waals surface area contributed by atoms with Crippen molar-refractivity contribution in [3.05, 3.63) is 64.1 Å². The van der Waals surface area contributed by atoms with Crippen molar-refractivity contribution in [2.24, 2.45) is 0 Å². The number of ether oxygens (including phenoxy) is 1. The van der Waals surface area contributed by atoms with Gasteiger partial charge >= 0.3 is 5.97 Å². The van der Waals surface area contributed by atoms with Gasteiger partial charge in [-0.2, -0.15) is 5.10 Å². The highest BCUT2D eigenvalue weighted by atomic mass is 79.9. The summed E-state index contributed by atoms with van der Waals surface area (Å²) in [6.45, 7) is 2.92. The van der Waals surface area contributed by atoms with Gasteiger partial charge in [0.2, 0.25) is 0 Å².